The number of hydrogen-bond acceptors (Lipinski definition) is 3. The molecule has 0 radical (unpaired) electrons. The third kappa shape index (κ3) is 17.8. The van der Waals surface area contributed by atoms with E-state index in [1.807, 2.05) is 6.92 Å². The van der Waals surface area contributed by atoms with Crippen molar-refractivity contribution in [2.45, 2.75) is 20.3 Å². The van der Waals surface area contributed by atoms with Crippen molar-refractivity contribution in [3.8, 4) is 0 Å². The van der Waals surface area contributed by atoms with Crippen LogP contribution in [0.15, 0.2) is 11.6 Å². The van der Waals surface area contributed by atoms with Gasteiger partial charge in [0, 0.05) is 5.57 Å². The molecule has 0 unspecified atom stereocenters. The number of allylic oxidation sites excluding steroid dienone is 1. The van der Waals surface area contributed by atoms with Crippen LogP contribution in [-0.4, -0.2) is 49.9 Å². The highest BCUT2D eigenvalue weighted by Gasteiger charge is 2.04. The van der Waals surface area contributed by atoms with E-state index in [2.05, 4.69) is 25.7 Å². The van der Waals surface area contributed by atoms with Crippen molar-refractivity contribution in [2.24, 2.45) is 0 Å². The number of rotatable bonds is 6. The van der Waals surface area contributed by atoms with E-state index in [9.17, 15) is 9.36 Å². The van der Waals surface area contributed by atoms with Gasteiger partial charge in [0.25, 0.3) is 0 Å². The fraction of sp³-hybridized carbons (Fsp3) is 0.727. The van der Waals surface area contributed by atoms with Crippen LogP contribution in [0, 0.1) is 0 Å². The molecule has 17 heavy (non-hydrogen) atoms. The Labute approximate surface area is 105 Å². The molecule has 0 amide bonds. The minimum atomic E-state index is -0.827. The number of quaternary nitrogens is 1. The molecule has 0 aliphatic heterocycles. The topological polar surface area (TPSA) is 63.6 Å². The van der Waals surface area contributed by atoms with Crippen LogP contribution in [0.25, 0.3) is 0 Å². The molecular weight excluding hydrogens is 241 g/mol. The molecule has 0 atom stereocenters. The molecule has 0 aromatic carbocycles. The van der Waals surface area contributed by atoms with Crippen molar-refractivity contribution in [1.29, 1.82) is 0 Å². The van der Waals surface area contributed by atoms with Crippen LogP contribution in [0.1, 0.15) is 20.3 Å². The largest absolute Gasteiger partial charge is 0.478 e. The average Bonchev–Trinajstić information content (AvgIpc) is 2.17. The molecule has 0 rings (SSSR count). The molecule has 1 N–H and O–H groups in total. The Bertz CT molecular complexity index is 259. The Balaban J connectivity index is 0. The fourth-order valence-electron chi connectivity index (χ4n) is 0.745. The maximum Gasteiger partial charge on any atom is 0.330 e. The number of carbonyl (C=O) groups is 1. The van der Waals surface area contributed by atoms with E-state index in [0.29, 0.717) is 12.2 Å². The summed E-state index contributed by atoms with van der Waals surface area (Å²) < 4.78 is 15.2. The Morgan fingerprint density at radius 3 is 2.18 bits per heavy atom. The Morgan fingerprint density at radius 2 is 1.94 bits per heavy atom. The van der Waals surface area contributed by atoms with Gasteiger partial charge in [-0.05, 0) is 13.3 Å². The Hall–Kier alpha value is -0.770. The van der Waals surface area contributed by atoms with Crippen molar-refractivity contribution in [2.75, 3.05) is 34.3 Å². The van der Waals surface area contributed by atoms with Crippen molar-refractivity contribution >= 4 is 14.7 Å². The van der Waals surface area contributed by atoms with E-state index in [-0.39, 0.29) is 8.69 Å². The van der Waals surface area contributed by atoms with Crippen molar-refractivity contribution < 1.29 is 23.5 Å². The fourth-order valence-corrected chi connectivity index (χ4v) is 0.902. The molecule has 0 bridgehead atoms. The summed E-state index contributed by atoms with van der Waals surface area (Å²) in [5.41, 5.74) is 0.424. The van der Waals surface area contributed by atoms with Gasteiger partial charge in [0.1, 0.15) is 13.2 Å². The lowest BCUT2D eigenvalue weighted by Gasteiger charge is -2.22. The van der Waals surface area contributed by atoms with Gasteiger partial charge in [-0.25, -0.2) is 9.36 Å². The Morgan fingerprint density at radius 1 is 1.41 bits per heavy atom. The molecule has 6 heteroatoms. The molecular formula is C11H23NO4P+. The summed E-state index contributed by atoms with van der Waals surface area (Å²) in [6.07, 6.45) is 2.47. The van der Waals surface area contributed by atoms with Gasteiger partial charge in [0.2, 0.25) is 0 Å². The van der Waals surface area contributed by atoms with Crippen LogP contribution in [-0.2, 0) is 13.9 Å². The zero-order valence-corrected chi connectivity index (χ0v) is 12.2. The number of carboxylic acids is 1. The smallest absolute Gasteiger partial charge is 0.330 e. The number of carboxylic acid groups (broad SMARTS) is 1. The first kappa shape index (κ1) is 18.6. The van der Waals surface area contributed by atoms with E-state index in [1.165, 1.54) is 0 Å². The van der Waals surface area contributed by atoms with Crippen LogP contribution in [0.4, 0.5) is 0 Å². The first-order valence-electron chi connectivity index (χ1n) is 5.39. The van der Waals surface area contributed by atoms with Gasteiger partial charge in [-0.1, -0.05) is 13.0 Å². The normalized spacial score (nSPS) is 11.9. The quantitative estimate of drug-likeness (QED) is 0.346. The summed E-state index contributed by atoms with van der Waals surface area (Å²) in [4.78, 5) is 10.0. The molecule has 0 saturated heterocycles. The monoisotopic (exact) mass is 264 g/mol. The number of aliphatic carboxylic acids is 1. The number of nitrogens with zero attached hydrogens (tertiary/aromatic N) is 1. The first-order valence-corrected chi connectivity index (χ1v) is 6.12. The average molecular weight is 264 g/mol. The van der Waals surface area contributed by atoms with E-state index in [4.69, 9.17) is 5.11 Å². The van der Waals surface area contributed by atoms with E-state index >= 15 is 0 Å². The van der Waals surface area contributed by atoms with E-state index in [0.717, 1.165) is 17.4 Å². The molecule has 100 valence electrons. The molecule has 0 aromatic rings. The van der Waals surface area contributed by atoms with Gasteiger partial charge >= 0.3 is 14.7 Å². The van der Waals surface area contributed by atoms with Crippen LogP contribution in [0.3, 0.4) is 0 Å². The number of hydrogen-bond donors (Lipinski definition) is 1. The second kappa shape index (κ2) is 10.4. The second-order valence-electron chi connectivity index (χ2n) is 4.52. The summed E-state index contributed by atoms with van der Waals surface area (Å²) in [6, 6.07) is 0. The molecule has 0 spiro atoms. The lowest BCUT2D eigenvalue weighted by Crippen LogP contribution is -2.37. The zero-order chi connectivity index (χ0) is 13.9. The lowest BCUT2D eigenvalue weighted by molar-refractivity contribution is -0.870. The van der Waals surface area contributed by atoms with E-state index < -0.39 is 5.97 Å². The predicted octanol–water partition coefficient (Wildman–Crippen LogP) is 2.34. The van der Waals surface area contributed by atoms with Crippen LogP contribution in [0.2, 0.25) is 0 Å². The minimum absolute atomic E-state index is 0.217. The zero-order valence-electron chi connectivity index (χ0n) is 11.3. The highest BCUT2D eigenvalue weighted by Crippen LogP contribution is 1.96. The summed E-state index contributed by atoms with van der Waals surface area (Å²) >= 11 is 0. The third-order valence-corrected chi connectivity index (χ3v) is 2.04. The third-order valence-electron chi connectivity index (χ3n) is 1.75. The maximum absolute atomic E-state index is 10.0. The summed E-state index contributed by atoms with van der Waals surface area (Å²) in [7, 11) is 5.96. The van der Waals surface area contributed by atoms with Crippen molar-refractivity contribution in [3.63, 3.8) is 0 Å². The maximum atomic E-state index is 10.0. The summed E-state index contributed by atoms with van der Waals surface area (Å²) in [6.45, 7) is 4.93. The van der Waals surface area contributed by atoms with Crippen LogP contribution in [0.5, 0.6) is 0 Å². The summed E-state index contributed by atoms with van der Waals surface area (Å²) in [5, 5.41) is 8.24. The van der Waals surface area contributed by atoms with Gasteiger partial charge in [-0.3, -0.25) is 4.52 Å². The summed E-state index contributed by atoms with van der Waals surface area (Å²) in [5.74, 6) is -0.827. The van der Waals surface area contributed by atoms with E-state index in [1.54, 1.807) is 13.0 Å². The standard InChI is InChI=1S/C6H10O2.C5H13NO2P/c1-3-4-5(2)6(7)8;1-6(2,3)4-5-8-9-7/h4H,3H2,1-2H3,(H,7,8);4-5H2,1-3H3/q;+1. The minimum Gasteiger partial charge on any atom is -0.478 e. The molecule has 0 heterocycles. The van der Waals surface area contributed by atoms with Gasteiger partial charge in [0.15, 0.2) is 0 Å². The highest BCUT2D eigenvalue weighted by atomic mass is 31.1. The van der Waals surface area contributed by atoms with Gasteiger partial charge in [0.05, 0.1) is 21.1 Å². The Kier molecular flexibility index (Phi) is 11.4. The molecule has 0 aliphatic rings. The molecule has 0 aliphatic carbocycles. The second-order valence-corrected chi connectivity index (χ2v) is 4.93. The molecule has 5 nitrogen and oxygen atoms in total. The number of likely N-dealkylation sites (N-methyl/N-ethyl adjacent to an activating group) is 1. The lowest BCUT2D eigenvalue weighted by atomic mass is 10.2. The van der Waals surface area contributed by atoms with Crippen molar-refractivity contribution in [3.05, 3.63) is 11.6 Å². The SMILES string of the molecule is CCC=C(C)C(=O)O.C[N+](C)(C)CCOP=O. The molecule has 0 fully saturated rings. The molecule has 0 saturated carbocycles. The van der Waals surface area contributed by atoms with Crippen LogP contribution < -0.4 is 0 Å². The molecule has 0 aromatic heterocycles. The van der Waals surface area contributed by atoms with Crippen molar-refractivity contribution in [1.82, 2.24) is 0 Å². The highest BCUT2D eigenvalue weighted by molar-refractivity contribution is 7.17. The predicted molar refractivity (Wildman–Crippen MR) is 68.1 cm³/mol. The van der Waals surface area contributed by atoms with Gasteiger partial charge in [-0.15, -0.1) is 0 Å². The first-order chi connectivity index (χ1) is 7.74. The van der Waals surface area contributed by atoms with Gasteiger partial charge in [-0.2, -0.15) is 0 Å². The van der Waals surface area contributed by atoms with Gasteiger partial charge < -0.3 is 9.59 Å². The van der Waals surface area contributed by atoms with Crippen LogP contribution >= 0.6 is 8.69 Å².